The van der Waals surface area contributed by atoms with Crippen LogP contribution in [0.25, 0.3) is 0 Å². The minimum atomic E-state index is -0.0258. The van der Waals surface area contributed by atoms with E-state index in [-0.39, 0.29) is 6.03 Å². The number of morpholine rings is 1. The normalized spacial score (nSPS) is 15.8. The number of rotatable bonds is 5. The van der Waals surface area contributed by atoms with Gasteiger partial charge in [-0.2, -0.15) is 0 Å². The maximum absolute atomic E-state index is 12.0. The van der Waals surface area contributed by atoms with Crippen LogP contribution in [0, 0.1) is 0 Å². The summed E-state index contributed by atoms with van der Waals surface area (Å²) in [5.41, 5.74) is 1.14. The molecule has 110 valence electrons. The van der Waals surface area contributed by atoms with Crippen molar-refractivity contribution < 1.29 is 9.53 Å². The van der Waals surface area contributed by atoms with E-state index >= 15 is 0 Å². The molecule has 1 N–H and O–H groups in total. The van der Waals surface area contributed by atoms with Crippen molar-refractivity contribution in [3.8, 4) is 0 Å². The summed E-state index contributed by atoms with van der Waals surface area (Å²) in [6.45, 7) is 5.69. The lowest BCUT2D eigenvalue weighted by atomic mass is 10.2. The van der Waals surface area contributed by atoms with Gasteiger partial charge in [-0.15, -0.1) is 0 Å². The molecule has 1 aliphatic heterocycles. The lowest BCUT2D eigenvalue weighted by Gasteiger charge is -2.27. The number of ether oxygens (including phenoxy) is 1. The van der Waals surface area contributed by atoms with Gasteiger partial charge in [-0.25, -0.2) is 4.79 Å². The Kier molecular flexibility index (Phi) is 5.83. The molecule has 0 saturated carbocycles. The van der Waals surface area contributed by atoms with E-state index in [0.29, 0.717) is 13.1 Å². The third-order valence-electron chi connectivity index (χ3n) is 3.42. The van der Waals surface area contributed by atoms with Gasteiger partial charge in [0.25, 0.3) is 0 Å². The lowest BCUT2D eigenvalue weighted by molar-refractivity contribution is 0.0386. The van der Waals surface area contributed by atoms with Crippen LogP contribution in [0.4, 0.5) is 4.79 Å². The maximum atomic E-state index is 12.0. The zero-order valence-electron chi connectivity index (χ0n) is 12.0. The predicted octanol–water partition coefficient (Wildman–Crippen LogP) is 1.16. The van der Waals surface area contributed by atoms with E-state index in [2.05, 4.69) is 10.2 Å². The van der Waals surface area contributed by atoms with Crippen molar-refractivity contribution >= 4 is 6.03 Å². The molecule has 1 fully saturated rings. The van der Waals surface area contributed by atoms with Crippen molar-refractivity contribution in [2.75, 3.05) is 46.4 Å². The van der Waals surface area contributed by atoms with E-state index in [1.165, 1.54) is 0 Å². The van der Waals surface area contributed by atoms with Crippen molar-refractivity contribution in [2.24, 2.45) is 0 Å². The molecule has 5 nitrogen and oxygen atoms in total. The smallest absolute Gasteiger partial charge is 0.317 e. The SMILES string of the molecule is CN(Cc1ccccc1)C(=O)NCCN1CCOCC1. The first-order valence-electron chi connectivity index (χ1n) is 7.08. The minimum absolute atomic E-state index is 0.0258. The van der Waals surface area contributed by atoms with Crippen LogP contribution >= 0.6 is 0 Å². The number of hydrogen-bond donors (Lipinski definition) is 1. The molecule has 0 aromatic heterocycles. The van der Waals surface area contributed by atoms with Gasteiger partial charge in [0, 0.05) is 39.8 Å². The molecule has 0 spiro atoms. The Morgan fingerprint density at radius 2 is 2.00 bits per heavy atom. The summed E-state index contributed by atoms with van der Waals surface area (Å²) < 4.78 is 5.29. The van der Waals surface area contributed by atoms with Crippen LogP contribution in [0.2, 0.25) is 0 Å². The van der Waals surface area contributed by atoms with Crippen LogP contribution in [0.1, 0.15) is 5.56 Å². The van der Waals surface area contributed by atoms with Crippen LogP contribution < -0.4 is 5.32 Å². The second kappa shape index (κ2) is 7.87. The molecule has 1 aliphatic rings. The Hall–Kier alpha value is -1.59. The molecule has 1 heterocycles. The quantitative estimate of drug-likeness (QED) is 0.878. The fourth-order valence-corrected chi connectivity index (χ4v) is 2.21. The molecule has 0 aliphatic carbocycles. The van der Waals surface area contributed by atoms with Crippen molar-refractivity contribution in [1.82, 2.24) is 15.1 Å². The zero-order chi connectivity index (χ0) is 14.2. The summed E-state index contributed by atoms with van der Waals surface area (Å²) in [5, 5.41) is 2.95. The molecule has 5 heteroatoms. The monoisotopic (exact) mass is 277 g/mol. The van der Waals surface area contributed by atoms with Crippen LogP contribution in [-0.4, -0.2) is 62.3 Å². The van der Waals surface area contributed by atoms with Crippen molar-refractivity contribution in [3.63, 3.8) is 0 Å². The van der Waals surface area contributed by atoms with Gasteiger partial charge < -0.3 is 15.0 Å². The highest BCUT2D eigenvalue weighted by molar-refractivity contribution is 5.73. The van der Waals surface area contributed by atoms with Gasteiger partial charge in [0.15, 0.2) is 0 Å². The first-order valence-corrected chi connectivity index (χ1v) is 7.08. The second-order valence-electron chi connectivity index (χ2n) is 5.03. The number of carbonyl (C=O) groups excluding carboxylic acids is 1. The third-order valence-corrected chi connectivity index (χ3v) is 3.42. The highest BCUT2D eigenvalue weighted by Gasteiger charge is 2.11. The number of carbonyl (C=O) groups is 1. The molecule has 1 aromatic rings. The number of benzene rings is 1. The second-order valence-corrected chi connectivity index (χ2v) is 5.03. The minimum Gasteiger partial charge on any atom is -0.379 e. The van der Waals surface area contributed by atoms with Crippen LogP contribution in [-0.2, 0) is 11.3 Å². The molecule has 0 unspecified atom stereocenters. The average molecular weight is 277 g/mol. The molecule has 1 aromatic carbocycles. The highest BCUT2D eigenvalue weighted by Crippen LogP contribution is 2.02. The van der Waals surface area contributed by atoms with Gasteiger partial charge in [0.2, 0.25) is 0 Å². The topological polar surface area (TPSA) is 44.8 Å². The zero-order valence-corrected chi connectivity index (χ0v) is 12.0. The Labute approximate surface area is 120 Å². The van der Waals surface area contributed by atoms with Gasteiger partial charge >= 0.3 is 6.03 Å². The van der Waals surface area contributed by atoms with Gasteiger partial charge in [0.05, 0.1) is 13.2 Å². The van der Waals surface area contributed by atoms with Crippen molar-refractivity contribution in [2.45, 2.75) is 6.54 Å². The molecule has 2 amide bonds. The highest BCUT2D eigenvalue weighted by atomic mass is 16.5. The summed E-state index contributed by atoms with van der Waals surface area (Å²) in [5.74, 6) is 0. The molecule has 1 saturated heterocycles. The Bertz CT molecular complexity index is 405. The molecular weight excluding hydrogens is 254 g/mol. The summed E-state index contributed by atoms with van der Waals surface area (Å²) in [6.07, 6.45) is 0. The van der Waals surface area contributed by atoms with E-state index in [4.69, 9.17) is 4.74 Å². The summed E-state index contributed by atoms with van der Waals surface area (Å²) >= 11 is 0. The largest absolute Gasteiger partial charge is 0.379 e. The number of hydrogen-bond acceptors (Lipinski definition) is 3. The van der Waals surface area contributed by atoms with Crippen LogP contribution in [0.5, 0.6) is 0 Å². The van der Waals surface area contributed by atoms with Gasteiger partial charge in [-0.05, 0) is 5.56 Å². The van der Waals surface area contributed by atoms with E-state index in [0.717, 1.165) is 38.4 Å². The molecule has 20 heavy (non-hydrogen) atoms. The van der Waals surface area contributed by atoms with Gasteiger partial charge in [-0.3, -0.25) is 4.90 Å². The number of urea groups is 1. The lowest BCUT2D eigenvalue weighted by Crippen LogP contribution is -2.44. The van der Waals surface area contributed by atoms with E-state index in [9.17, 15) is 4.79 Å². The summed E-state index contributed by atoms with van der Waals surface area (Å²) in [6, 6.07) is 9.97. The van der Waals surface area contributed by atoms with Crippen LogP contribution in [0.15, 0.2) is 30.3 Å². The molecule has 0 bridgehead atoms. The molecular formula is C15H23N3O2. The molecule has 0 radical (unpaired) electrons. The first kappa shape index (κ1) is 14.8. The third kappa shape index (κ3) is 4.83. The van der Waals surface area contributed by atoms with Crippen molar-refractivity contribution in [1.29, 1.82) is 0 Å². The van der Waals surface area contributed by atoms with E-state index < -0.39 is 0 Å². The number of nitrogens with one attached hydrogen (secondary N) is 1. The van der Waals surface area contributed by atoms with Crippen LogP contribution in [0.3, 0.4) is 0 Å². The Balaban J connectivity index is 1.66. The molecule has 2 rings (SSSR count). The number of nitrogens with zero attached hydrogens (tertiary/aromatic N) is 2. The Morgan fingerprint density at radius 1 is 1.30 bits per heavy atom. The fraction of sp³-hybridized carbons (Fsp3) is 0.533. The van der Waals surface area contributed by atoms with Crippen molar-refractivity contribution in [3.05, 3.63) is 35.9 Å². The molecule has 0 atom stereocenters. The van der Waals surface area contributed by atoms with Gasteiger partial charge in [-0.1, -0.05) is 30.3 Å². The van der Waals surface area contributed by atoms with E-state index in [1.54, 1.807) is 4.90 Å². The average Bonchev–Trinajstić information content (AvgIpc) is 2.49. The standard InChI is InChI=1S/C15H23N3O2/c1-17(13-14-5-3-2-4-6-14)15(19)16-7-8-18-9-11-20-12-10-18/h2-6H,7-13H2,1H3,(H,16,19). The predicted molar refractivity (Wildman–Crippen MR) is 78.6 cm³/mol. The van der Waals surface area contributed by atoms with Gasteiger partial charge in [0.1, 0.15) is 0 Å². The summed E-state index contributed by atoms with van der Waals surface area (Å²) in [4.78, 5) is 16.0. The summed E-state index contributed by atoms with van der Waals surface area (Å²) in [7, 11) is 1.82. The maximum Gasteiger partial charge on any atom is 0.317 e. The first-order chi connectivity index (χ1) is 9.75. The Morgan fingerprint density at radius 3 is 2.70 bits per heavy atom. The van der Waals surface area contributed by atoms with E-state index in [1.807, 2.05) is 37.4 Å². The number of amides is 2. The fourth-order valence-electron chi connectivity index (χ4n) is 2.21.